The zero-order valence-corrected chi connectivity index (χ0v) is 22.9. The molecule has 208 valence electrons. The van der Waals surface area contributed by atoms with Gasteiger partial charge in [0.15, 0.2) is 21.3 Å². The molecule has 3 amide bonds. The third-order valence-electron chi connectivity index (χ3n) is 5.54. The molecule has 1 aromatic heterocycles. The predicted octanol–water partition coefficient (Wildman–Crippen LogP) is 3.50. The van der Waals surface area contributed by atoms with E-state index < -0.39 is 28.3 Å². The maximum atomic E-state index is 12.1. The van der Waals surface area contributed by atoms with Crippen molar-refractivity contribution in [2.75, 3.05) is 16.4 Å². The predicted molar refractivity (Wildman–Crippen MR) is 147 cm³/mol. The quantitative estimate of drug-likeness (QED) is 0.176. The minimum Gasteiger partial charge on any atom is -0.465 e. The summed E-state index contributed by atoms with van der Waals surface area (Å²) in [6.45, 7) is 3.01. The fourth-order valence-corrected chi connectivity index (χ4v) is 5.61. The van der Waals surface area contributed by atoms with Crippen molar-refractivity contribution >= 4 is 50.1 Å². The molecule has 1 heterocycles. The van der Waals surface area contributed by atoms with Crippen LogP contribution in [0.2, 0.25) is 0 Å². The third kappa shape index (κ3) is 8.97. The van der Waals surface area contributed by atoms with Crippen LogP contribution in [0, 0.1) is 0 Å². The van der Waals surface area contributed by atoms with Gasteiger partial charge >= 0.3 is 12.2 Å². The van der Waals surface area contributed by atoms with Gasteiger partial charge in [-0.1, -0.05) is 31.2 Å². The van der Waals surface area contributed by atoms with Crippen LogP contribution >= 0.6 is 11.3 Å². The summed E-state index contributed by atoms with van der Waals surface area (Å²) in [5.74, 6) is -0.200. The average Bonchev–Trinajstić information content (AvgIpc) is 3.23. The second kappa shape index (κ2) is 13.1. The van der Waals surface area contributed by atoms with Crippen molar-refractivity contribution in [3.63, 3.8) is 0 Å². The summed E-state index contributed by atoms with van der Waals surface area (Å²) >= 11 is 1.37. The molecule has 2 aromatic carbocycles. The summed E-state index contributed by atoms with van der Waals surface area (Å²) in [5.41, 5.74) is 3.19. The van der Waals surface area contributed by atoms with Gasteiger partial charge in [0.2, 0.25) is 5.91 Å². The Morgan fingerprint density at radius 2 is 1.51 bits per heavy atom. The third-order valence-corrected chi connectivity index (χ3v) is 8.30. The van der Waals surface area contributed by atoms with Gasteiger partial charge in [-0.05, 0) is 48.2 Å². The molecule has 6 N–H and O–H groups in total. The molecule has 12 nitrogen and oxygen atoms in total. The fourth-order valence-electron chi connectivity index (χ4n) is 3.64. The van der Waals surface area contributed by atoms with E-state index in [9.17, 15) is 22.8 Å². The number of hydrogen-bond acceptors (Lipinski definition) is 8. The van der Waals surface area contributed by atoms with E-state index in [4.69, 9.17) is 10.2 Å². The number of amides is 3. The monoisotopic (exact) mass is 575 g/mol. The van der Waals surface area contributed by atoms with E-state index in [1.165, 1.54) is 18.3 Å². The van der Waals surface area contributed by atoms with Crippen LogP contribution in [0.15, 0.2) is 53.4 Å². The Kier molecular flexibility index (Phi) is 9.84. The molecule has 0 aliphatic heterocycles. The number of rotatable bonds is 12. The highest BCUT2D eigenvalue weighted by Crippen LogP contribution is 2.28. The maximum Gasteiger partial charge on any atom is 0.407 e. The first-order valence-corrected chi connectivity index (χ1v) is 14.3. The Morgan fingerprint density at radius 1 is 0.923 bits per heavy atom. The lowest BCUT2D eigenvalue weighted by Crippen LogP contribution is -2.52. The van der Waals surface area contributed by atoms with E-state index in [1.807, 2.05) is 22.8 Å². The van der Waals surface area contributed by atoms with Crippen LogP contribution in [-0.4, -0.2) is 53.8 Å². The van der Waals surface area contributed by atoms with Crippen molar-refractivity contribution in [2.45, 2.75) is 44.3 Å². The number of thiazole rings is 1. The first-order valence-electron chi connectivity index (χ1n) is 11.9. The Hall–Kier alpha value is -4.17. The molecule has 0 fully saturated rings. The van der Waals surface area contributed by atoms with Crippen molar-refractivity contribution in [1.82, 2.24) is 15.6 Å². The van der Waals surface area contributed by atoms with Gasteiger partial charge in [-0.15, -0.1) is 11.3 Å². The van der Waals surface area contributed by atoms with E-state index in [0.717, 1.165) is 21.7 Å². The number of anilines is 2. The van der Waals surface area contributed by atoms with Gasteiger partial charge in [0.25, 0.3) is 0 Å². The second-order valence-electron chi connectivity index (χ2n) is 8.47. The molecule has 0 spiro atoms. The molecular formula is C25H29N5O7S2. The van der Waals surface area contributed by atoms with Crippen LogP contribution in [0.5, 0.6) is 0 Å². The van der Waals surface area contributed by atoms with Crippen molar-refractivity contribution < 1.29 is 33.0 Å². The molecule has 3 aromatic rings. The molecule has 14 heteroatoms. The number of carbonyl (C=O) groups is 3. The molecule has 0 bridgehead atoms. The number of carbonyl (C=O) groups excluding carboxylic acids is 1. The lowest BCUT2D eigenvalue weighted by atomic mass is 10.0. The van der Waals surface area contributed by atoms with Gasteiger partial charge in [-0.2, -0.15) is 0 Å². The molecule has 0 radical (unpaired) electrons. The highest BCUT2D eigenvalue weighted by atomic mass is 32.2. The molecule has 0 unspecified atom stereocenters. The number of nitrogens with one attached hydrogen (secondary N) is 4. The van der Waals surface area contributed by atoms with Crippen molar-refractivity contribution in [1.29, 1.82) is 0 Å². The minimum atomic E-state index is -3.29. The Balaban J connectivity index is 1.71. The smallest absolute Gasteiger partial charge is 0.407 e. The maximum absolute atomic E-state index is 12.1. The average molecular weight is 576 g/mol. The zero-order chi connectivity index (χ0) is 28.6. The van der Waals surface area contributed by atoms with Gasteiger partial charge in [0.05, 0.1) is 16.3 Å². The second-order valence-corrected chi connectivity index (χ2v) is 11.8. The van der Waals surface area contributed by atoms with Crippen molar-refractivity contribution in [3.8, 4) is 0 Å². The SMILES string of the molecule is CCS(=O)(=O)c1ccc(Cc2sc(NC(C)=O)nc2CCc2ccc(NC(NC(=O)O)NC(=O)O)cc2)cc1. The molecule has 39 heavy (non-hydrogen) atoms. The summed E-state index contributed by atoms with van der Waals surface area (Å²) in [4.78, 5) is 39.2. The van der Waals surface area contributed by atoms with Crippen LogP contribution in [0.3, 0.4) is 0 Å². The Labute approximate surface area is 229 Å². The molecule has 0 saturated heterocycles. The van der Waals surface area contributed by atoms with Crippen LogP contribution in [0.1, 0.15) is 35.5 Å². The lowest BCUT2D eigenvalue weighted by molar-refractivity contribution is -0.114. The fraction of sp³-hybridized carbons (Fsp3) is 0.280. The van der Waals surface area contributed by atoms with Gasteiger partial charge in [0.1, 0.15) is 0 Å². The molecule has 0 aliphatic carbocycles. The molecular weight excluding hydrogens is 546 g/mol. The summed E-state index contributed by atoms with van der Waals surface area (Å²) in [6.07, 6.45) is -2.29. The number of carboxylic acid groups (broad SMARTS) is 2. The van der Waals surface area contributed by atoms with Gasteiger partial charge in [-0.3, -0.25) is 15.4 Å². The molecule has 3 rings (SSSR count). The Morgan fingerprint density at radius 3 is 2.05 bits per heavy atom. The Bertz CT molecular complexity index is 1410. The van der Waals surface area contributed by atoms with E-state index in [0.29, 0.717) is 30.1 Å². The summed E-state index contributed by atoms with van der Waals surface area (Å²) < 4.78 is 24.2. The van der Waals surface area contributed by atoms with E-state index in [2.05, 4.69) is 15.6 Å². The van der Waals surface area contributed by atoms with Crippen molar-refractivity contribution in [2.24, 2.45) is 0 Å². The molecule has 0 saturated carbocycles. The zero-order valence-electron chi connectivity index (χ0n) is 21.2. The lowest BCUT2D eigenvalue weighted by Gasteiger charge is -2.19. The number of aryl methyl sites for hydroxylation is 2. The number of nitrogens with zero attached hydrogens (tertiary/aromatic N) is 1. The van der Waals surface area contributed by atoms with Crippen LogP contribution in [0.4, 0.5) is 20.4 Å². The summed E-state index contributed by atoms with van der Waals surface area (Å²) in [5, 5.41) is 27.8. The standard InChI is InChI=1S/C25H29N5O7S2/c1-3-39(36,37)19-11-6-17(7-12-19)14-21-20(28-23(38-21)26-15(2)31)13-8-16-4-9-18(10-5-16)27-22(29-24(32)33)30-25(34)35/h4-7,9-12,22,27,29-30H,3,8,13-14H2,1-2H3,(H,32,33)(H,34,35)(H,26,28,31). The van der Waals surface area contributed by atoms with E-state index in [1.54, 1.807) is 43.3 Å². The van der Waals surface area contributed by atoms with Gasteiger partial charge < -0.3 is 20.8 Å². The van der Waals surface area contributed by atoms with Crippen LogP contribution in [0.25, 0.3) is 0 Å². The summed E-state index contributed by atoms with van der Waals surface area (Å²) in [7, 11) is -3.29. The minimum absolute atomic E-state index is 0.0293. The first-order chi connectivity index (χ1) is 18.4. The van der Waals surface area contributed by atoms with Gasteiger partial charge in [0, 0.05) is 23.9 Å². The largest absolute Gasteiger partial charge is 0.465 e. The molecule has 0 atom stereocenters. The molecule has 0 aliphatic rings. The highest BCUT2D eigenvalue weighted by molar-refractivity contribution is 7.91. The van der Waals surface area contributed by atoms with Gasteiger partial charge in [-0.25, -0.2) is 23.0 Å². The normalized spacial score (nSPS) is 11.2. The van der Waals surface area contributed by atoms with E-state index in [-0.39, 0.29) is 16.6 Å². The van der Waals surface area contributed by atoms with Crippen LogP contribution in [-0.2, 0) is 33.9 Å². The topological polar surface area (TPSA) is 187 Å². The highest BCUT2D eigenvalue weighted by Gasteiger charge is 2.16. The first kappa shape index (κ1) is 29.4. The number of sulfone groups is 1. The summed E-state index contributed by atoms with van der Waals surface area (Å²) in [6, 6.07) is 13.8. The number of aromatic nitrogens is 1. The number of hydrogen-bond donors (Lipinski definition) is 6. The van der Waals surface area contributed by atoms with E-state index >= 15 is 0 Å². The number of benzene rings is 2. The van der Waals surface area contributed by atoms with Crippen LogP contribution < -0.4 is 21.3 Å². The van der Waals surface area contributed by atoms with Crippen molar-refractivity contribution in [3.05, 3.63) is 70.2 Å².